The number of hydrogen-bond acceptors (Lipinski definition) is 7. The molecule has 0 amide bonds. The first-order valence-electron chi connectivity index (χ1n) is 9.31. The minimum Gasteiger partial charge on any atom is -0.368 e. The lowest BCUT2D eigenvalue weighted by Crippen LogP contribution is -2.30. The van der Waals surface area contributed by atoms with Gasteiger partial charge in [0.2, 0.25) is 0 Å². The van der Waals surface area contributed by atoms with Gasteiger partial charge in [-0.05, 0) is 39.9 Å². The molecule has 7 nitrogen and oxygen atoms in total. The summed E-state index contributed by atoms with van der Waals surface area (Å²) in [6, 6.07) is 6.41. The van der Waals surface area contributed by atoms with Gasteiger partial charge in [-0.15, -0.1) is 0 Å². The summed E-state index contributed by atoms with van der Waals surface area (Å²) in [6.07, 6.45) is 4.63. The van der Waals surface area contributed by atoms with E-state index < -0.39 is 0 Å². The Hall–Kier alpha value is -2.41. The molecule has 1 fully saturated rings. The molecule has 3 heterocycles. The van der Waals surface area contributed by atoms with E-state index in [-0.39, 0.29) is 0 Å². The molecule has 0 bridgehead atoms. The zero-order valence-electron chi connectivity index (χ0n) is 15.9. The summed E-state index contributed by atoms with van der Waals surface area (Å²) in [5, 5.41) is 6.71. The van der Waals surface area contributed by atoms with Crippen molar-refractivity contribution in [1.82, 2.24) is 19.9 Å². The summed E-state index contributed by atoms with van der Waals surface area (Å²) < 4.78 is 0. The van der Waals surface area contributed by atoms with Gasteiger partial charge in [0.15, 0.2) is 0 Å². The molecule has 1 aliphatic rings. The smallest absolute Gasteiger partial charge is 0.133 e. The van der Waals surface area contributed by atoms with Gasteiger partial charge in [0.05, 0.1) is 0 Å². The van der Waals surface area contributed by atoms with Crippen LogP contribution in [0.1, 0.15) is 25.8 Å². The Morgan fingerprint density at radius 2 is 1.92 bits per heavy atom. The van der Waals surface area contributed by atoms with Crippen molar-refractivity contribution in [2.75, 3.05) is 48.8 Å². The maximum atomic E-state index is 4.66. The van der Waals surface area contributed by atoms with E-state index in [9.17, 15) is 0 Å². The van der Waals surface area contributed by atoms with Crippen LogP contribution in [0.25, 0.3) is 0 Å². The number of nitrogens with zero attached hydrogens (tertiary/aromatic N) is 5. The van der Waals surface area contributed by atoms with Crippen LogP contribution in [0.5, 0.6) is 0 Å². The van der Waals surface area contributed by atoms with Crippen LogP contribution in [0, 0.1) is 0 Å². The minimum absolute atomic E-state index is 0.337. The number of pyridine rings is 1. The molecule has 7 heteroatoms. The van der Waals surface area contributed by atoms with Crippen molar-refractivity contribution in [3.63, 3.8) is 0 Å². The minimum atomic E-state index is 0.337. The second-order valence-electron chi connectivity index (χ2n) is 7.07. The molecule has 1 aliphatic heterocycles. The van der Waals surface area contributed by atoms with Gasteiger partial charge in [0, 0.05) is 50.0 Å². The van der Waals surface area contributed by atoms with Gasteiger partial charge in [-0.2, -0.15) is 0 Å². The Bertz CT molecular complexity index is 704. The number of aromatic nitrogens is 3. The molecule has 140 valence electrons. The van der Waals surface area contributed by atoms with E-state index in [1.807, 2.05) is 18.3 Å². The molecule has 2 N–H and O–H groups in total. The fourth-order valence-electron chi connectivity index (χ4n) is 3.13. The van der Waals surface area contributed by atoms with Crippen LogP contribution in [0.3, 0.4) is 0 Å². The monoisotopic (exact) mass is 355 g/mol. The van der Waals surface area contributed by atoms with Crippen molar-refractivity contribution in [3.8, 4) is 0 Å². The summed E-state index contributed by atoms with van der Waals surface area (Å²) in [7, 11) is 2.18. The first-order valence-corrected chi connectivity index (χ1v) is 9.31. The molecule has 2 aromatic heterocycles. The number of anilines is 3. The maximum absolute atomic E-state index is 4.66. The van der Waals surface area contributed by atoms with Crippen LogP contribution >= 0.6 is 0 Å². The predicted octanol–water partition coefficient (Wildman–Crippen LogP) is 2.45. The standard InChI is InChI=1S/C19H29N7/c1-15(2)24-18-12-17(22-14-23-18)21-13-16-6-4-7-20-19(16)26-9-5-8-25(3)10-11-26/h4,6-7,12,14-15H,5,8-11,13H2,1-3H3,(H2,21,22,23,24). The van der Waals surface area contributed by atoms with Gasteiger partial charge >= 0.3 is 0 Å². The fourth-order valence-corrected chi connectivity index (χ4v) is 3.13. The molecular weight excluding hydrogens is 326 g/mol. The second kappa shape index (κ2) is 8.80. The van der Waals surface area contributed by atoms with Crippen molar-refractivity contribution in [1.29, 1.82) is 0 Å². The molecule has 0 radical (unpaired) electrons. The SMILES string of the molecule is CC(C)Nc1cc(NCc2cccnc2N2CCCN(C)CC2)ncn1. The third kappa shape index (κ3) is 5.05. The molecule has 0 spiro atoms. The summed E-state index contributed by atoms with van der Waals surface area (Å²) in [5.74, 6) is 2.72. The summed E-state index contributed by atoms with van der Waals surface area (Å²) >= 11 is 0. The van der Waals surface area contributed by atoms with Gasteiger partial charge < -0.3 is 20.4 Å². The quantitative estimate of drug-likeness (QED) is 0.825. The lowest BCUT2D eigenvalue weighted by atomic mass is 10.2. The fraction of sp³-hybridized carbons (Fsp3) is 0.526. The average molecular weight is 355 g/mol. The summed E-state index contributed by atoms with van der Waals surface area (Å²) in [5.41, 5.74) is 1.19. The van der Waals surface area contributed by atoms with Gasteiger partial charge in [-0.1, -0.05) is 6.07 Å². The van der Waals surface area contributed by atoms with Crippen LogP contribution in [0.4, 0.5) is 17.5 Å². The van der Waals surface area contributed by atoms with E-state index in [4.69, 9.17) is 0 Å². The largest absolute Gasteiger partial charge is 0.368 e. The number of likely N-dealkylation sites (N-methyl/N-ethyl adjacent to an activating group) is 1. The lowest BCUT2D eigenvalue weighted by molar-refractivity contribution is 0.360. The maximum Gasteiger partial charge on any atom is 0.133 e. The zero-order chi connectivity index (χ0) is 18.4. The highest BCUT2D eigenvalue weighted by Crippen LogP contribution is 2.20. The van der Waals surface area contributed by atoms with Gasteiger partial charge in [-0.3, -0.25) is 0 Å². The highest BCUT2D eigenvalue weighted by atomic mass is 15.2. The van der Waals surface area contributed by atoms with Gasteiger partial charge in [-0.25, -0.2) is 15.0 Å². The van der Waals surface area contributed by atoms with Crippen molar-refractivity contribution < 1.29 is 0 Å². The highest BCUT2D eigenvalue weighted by Gasteiger charge is 2.16. The molecule has 0 aliphatic carbocycles. The normalized spacial score (nSPS) is 15.8. The molecule has 0 aromatic carbocycles. The zero-order valence-corrected chi connectivity index (χ0v) is 15.9. The summed E-state index contributed by atoms with van der Waals surface area (Å²) in [4.78, 5) is 18.0. The van der Waals surface area contributed by atoms with Crippen LogP contribution in [0.15, 0.2) is 30.7 Å². The predicted molar refractivity (Wildman–Crippen MR) is 107 cm³/mol. The molecule has 0 atom stereocenters. The van der Waals surface area contributed by atoms with Crippen molar-refractivity contribution in [2.45, 2.75) is 32.9 Å². The van der Waals surface area contributed by atoms with Crippen LogP contribution in [-0.4, -0.2) is 59.1 Å². The van der Waals surface area contributed by atoms with Crippen molar-refractivity contribution in [3.05, 3.63) is 36.3 Å². The second-order valence-corrected chi connectivity index (χ2v) is 7.07. The van der Waals surface area contributed by atoms with E-state index in [0.29, 0.717) is 12.6 Å². The first-order chi connectivity index (χ1) is 12.6. The number of nitrogens with one attached hydrogen (secondary N) is 2. The third-order valence-electron chi connectivity index (χ3n) is 4.45. The van der Waals surface area contributed by atoms with E-state index in [1.54, 1.807) is 6.33 Å². The van der Waals surface area contributed by atoms with E-state index >= 15 is 0 Å². The molecule has 2 aromatic rings. The molecule has 3 rings (SSSR count). The third-order valence-corrected chi connectivity index (χ3v) is 4.45. The Kier molecular flexibility index (Phi) is 6.22. The Morgan fingerprint density at radius 1 is 1.08 bits per heavy atom. The Labute approximate surface area is 155 Å². The number of hydrogen-bond donors (Lipinski definition) is 2. The molecule has 26 heavy (non-hydrogen) atoms. The Balaban J connectivity index is 1.69. The van der Waals surface area contributed by atoms with Gasteiger partial charge in [0.25, 0.3) is 0 Å². The lowest BCUT2D eigenvalue weighted by Gasteiger charge is -2.24. The molecule has 1 saturated heterocycles. The Morgan fingerprint density at radius 3 is 2.77 bits per heavy atom. The highest BCUT2D eigenvalue weighted by molar-refractivity contribution is 5.51. The summed E-state index contributed by atoms with van der Waals surface area (Å²) in [6.45, 7) is 9.14. The van der Waals surface area contributed by atoms with E-state index in [2.05, 4.69) is 62.3 Å². The molecule has 0 unspecified atom stereocenters. The van der Waals surface area contributed by atoms with E-state index in [0.717, 1.165) is 50.1 Å². The van der Waals surface area contributed by atoms with Crippen molar-refractivity contribution in [2.24, 2.45) is 0 Å². The average Bonchev–Trinajstić information content (AvgIpc) is 2.84. The molecule has 0 saturated carbocycles. The topological polar surface area (TPSA) is 69.2 Å². The van der Waals surface area contributed by atoms with Crippen LogP contribution in [0.2, 0.25) is 0 Å². The van der Waals surface area contributed by atoms with Crippen molar-refractivity contribution >= 4 is 17.5 Å². The first kappa shape index (κ1) is 18.4. The van der Waals surface area contributed by atoms with Gasteiger partial charge in [0.1, 0.15) is 23.8 Å². The number of rotatable bonds is 6. The van der Waals surface area contributed by atoms with E-state index in [1.165, 1.54) is 5.56 Å². The van der Waals surface area contributed by atoms with Crippen LogP contribution in [-0.2, 0) is 6.54 Å². The van der Waals surface area contributed by atoms with Crippen LogP contribution < -0.4 is 15.5 Å². The molecular formula is C19H29N7.